The summed E-state index contributed by atoms with van der Waals surface area (Å²) in [6.45, 7) is 4.96. The fourth-order valence-electron chi connectivity index (χ4n) is 11.9. The lowest BCUT2D eigenvalue weighted by Crippen LogP contribution is -2.45. The van der Waals surface area contributed by atoms with Crippen molar-refractivity contribution < 1.29 is 24.5 Å². The van der Waals surface area contributed by atoms with Gasteiger partial charge in [0, 0.05) is 12.8 Å². The Morgan fingerprint density at radius 2 is 0.575 bits per heavy atom. The zero-order valence-electron chi connectivity index (χ0n) is 54.6. The largest absolute Gasteiger partial charge is 0.466 e. The molecule has 80 heavy (non-hydrogen) atoms. The Kier molecular flexibility index (Phi) is 68.9. The number of aliphatic hydroxyl groups excluding tert-OH is 2. The molecule has 0 aromatic heterocycles. The maximum Gasteiger partial charge on any atom is 0.305 e. The van der Waals surface area contributed by atoms with Gasteiger partial charge in [0.1, 0.15) is 0 Å². The number of esters is 1. The van der Waals surface area contributed by atoms with Gasteiger partial charge in [0.05, 0.1) is 25.4 Å². The zero-order chi connectivity index (χ0) is 57.8. The van der Waals surface area contributed by atoms with Gasteiger partial charge in [-0.15, -0.1) is 0 Å². The first kappa shape index (κ1) is 78.6. The Morgan fingerprint density at radius 3 is 0.850 bits per heavy atom. The Labute approximate surface area is 501 Å². The summed E-state index contributed by atoms with van der Waals surface area (Å²) in [5.74, 6) is -0.0365. The summed E-state index contributed by atoms with van der Waals surface area (Å²) in [5, 5.41) is 23.2. The summed E-state index contributed by atoms with van der Waals surface area (Å²) < 4.78 is 5.51. The van der Waals surface area contributed by atoms with Crippen molar-refractivity contribution >= 4 is 11.9 Å². The second kappa shape index (κ2) is 70.1. The molecule has 2 unspecified atom stereocenters. The molecule has 0 bridgehead atoms. The van der Waals surface area contributed by atoms with Crippen molar-refractivity contribution in [2.24, 2.45) is 0 Å². The molecular weight excluding hydrogens is 983 g/mol. The number of hydrogen-bond acceptors (Lipinski definition) is 5. The average Bonchev–Trinajstić information content (AvgIpc) is 3.46. The van der Waals surface area contributed by atoms with Crippen LogP contribution in [0.5, 0.6) is 0 Å². The quantitative estimate of drug-likeness (QED) is 0.0320. The third-order valence-corrected chi connectivity index (χ3v) is 17.6. The topological polar surface area (TPSA) is 95.9 Å². The number of amides is 1. The first-order valence-corrected chi connectivity index (χ1v) is 37.0. The summed E-state index contributed by atoms with van der Waals surface area (Å²) in [6, 6.07) is -0.625. The van der Waals surface area contributed by atoms with Gasteiger partial charge < -0.3 is 20.3 Å². The van der Waals surface area contributed by atoms with Crippen LogP contribution in [-0.4, -0.2) is 47.4 Å². The Hall–Kier alpha value is -1.40. The van der Waals surface area contributed by atoms with Crippen LogP contribution >= 0.6 is 0 Å². The van der Waals surface area contributed by atoms with Gasteiger partial charge in [-0.3, -0.25) is 9.59 Å². The fourth-order valence-corrected chi connectivity index (χ4v) is 11.9. The van der Waals surface area contributed by atoms with Gasteiger partial charge in [-0.05, 0) is 32.1 Å². The summed E-state index contributed by atoms with van der Waals surface area (Å²) in [4.78, 5) is 24.6. The second-order valence-electron chi connectivity index (χ2n) is 25.6. The maximum atomic E-state index is 12.5. The van der Waals surface area contributed by atoms with Crippen LogP contribution in [0, 0.1) is 0 Å². The van der Waals surface area contributed by atoms with Crippen molar-refractivity contribution in [3.05, 3.63) is 12.2 Å². The van der Waals surface area contributed by atoms with Crippen LogP contribution in [0.25, 0.3) is 0 Å². The number of nitrogens with one attached hydrogen (secondary N) is 1. The molecule has 0 aliphatic heterocycles. The van der Waals surface area contributed by atoms with Crippen LogP contribution in [0.2, 0.25) is 0 Å². The third kappa shape index (κ3) is 65.7. The van der Waals surface area contributed by atoms with E-state index in [0.29, 0.717) is 19.4 Å². The molecule has 476 valence electrons. The molecule has 6 heteroatoms. The molecule has 0 heterocycles. The molecule has 0 rings (SSSR count). The molecule has 0 fully saturated rings. The number of unbranched alkanes of at least 4 members (excludes halogenated alkanes) is 59. The monoisotopic (exact) mass is 1130 g/mol. The number of allylic oxidation sites excluding steroid dienone is 1. The van der Waals surface area contributed by atoms with Crippen molar-refractivity contribution in [2.45, 2.75) is 437 Å². The minimum Gasteiger partial charge on any atom is -0.466 e. The normalized spacial score (nSPS) is 12.5. The smallest absolute Gasteiger partial charge is 0.305 e. The van der Waals surface area contributed by atoms with Gasteiger partial charge in [-0.2, -0.15) is 0 Å². The van der Waals surface area contributed by atoms with Crippen LogP contribution < -0.4 is 5.32 Å². The minimum absolute atomic E-state index is 0.0237. The van der Waals surface area contributed by atoms with E-state index in [2.05, 4.69) is 19.2 Å². The van der Waals surface area contributed by atoms with Gasteiger partial charge >= 0.3 is 5.97 Å². The Bertz CT molecular complexity index is 1210. The maximum absolute atomic E-state index is 12.5. The SMILES string of the molecule is CCCCCCCCCCCCCCCCCC/C=C/C(O)C(CO)NC(=O)CCCCCCCCCCCCCCCCCCCCCCCCCCCCCCCOC(=O)CCCCCCCCCCCCCCCCCC. The van der Waals surface area contributed by atoms with Gasteiger partial charge in [0.15, 0.2) is 0 Å². The third-order valence-electron chi connectivity index (χ3n) is 17.6. The van der Waals surface area contributed by atoms with E-state index in [1.54, 1.807) is 6.08 Å². The number of aliphatic hydroxyl groups is 2. The summed E-state index contributed by atoms with van der Waals surface area (Å²) in [7, 11) is 0. The standard InChI is InChI=1S/C74H145NO5/c1-3-5-7-9-11-13-15-17-19-21-35-38-42-46-50-54-58-62-66-72(77)71(70-76)75-73(78)67-63-59-55-51-47-43-39-36-33-31-29-27-25-23-22-24-26-28-30-32-34-37-41-45-49-53-57-61-65-69-80-74(79)68-64-60-56-52-48-44-40-20-18-16-14-12-10-8-6-4-2/h62,66,71-72,76-77H,3-61,63-65,67-70H2,1-2H3,(H,75,78)/b66-62+. The first-order valence-electron chi connectivity index (χ1n) is 37.0. The molecule has 0 aromatic rings. The van der Waals surface area contributed by atoms with Crippen LogP contribution in [0.15, 0.2) is 12.2 Å². The van der Waals surface area contributed by atoms with Crippen LogP contribution in [0.1, 0.15) is 425 Å². The summed E-state index contributed by atoms with van der Waals surface area (Å²) in [6.07, 6.45) is 87.4. The summed E-state index contributed by atoms with van der Waals surface area (Å²) >= 11 is 0. The average molecular weight is 1130 g/mol. The number of hydrogen-bond donors (Lipinski definition) is 3. The lowest BCUT2D eigenvalue weighted by molar-refractivity contribution is -0.143. The molecule has 0 aliphatic rings. The molecule has 0 spiro atoms. The molecule has 0 saturated heterocycles. The van der Waals surface area contributed by atoms with E-state index in [1.165, 1.54) is 360 Å². The lowest BCUT2D eigenvalue weighted by atomic mass is 10.0. The highest BCUT2D eigenvalue weighted by Gasteiger charge is 2.18. The van der Waals surface area contributed by atoms with Crippen molar-refractivity contribution in [1.29, 1.82) is 0 Å². The van der Waals surface area contributed by atoms with Crippen molar-refractivity contribution in [3.8, 4) is 0 Å². The molecule has 0 radical (unpaired) electrons. The second-order valence-corrected chi connectivity index (χ2v) is 25.6. The minimum atomic E-state index is -0.842. The van der Waals surface area contributed by atoms with Gasteiger partial charge in [-0.1, -0.05) is 392 Å². The van der Waals surface area contributed by atoms with Gasteiger partial charge in [0.25, 0.3) is 0 Å². The van der Waals surface area contributed by atoms with E-state index in [-0.39, 0.29) is 18.5 Å². The Balaban J connectivity index is 3.34. The molecule has 6 nitrogen and oxygen atoms in total. The predicted molar refractivity (Wildman–Crippen MR) is 352 cm³/mol. The van der Waals surface area contributed by atoms with E-state index < -0.39 is 12.1 Å². The molecule has 0 saturated carbocycles. The van der Waals surface area contributed by atoms with Crippen molar-refractivity contribution in [1.82, 2.24) is 5.32 Å². The highest BCUT2D eigenvalue weighted by Crippen LogP contribution is 2.20. The van der Waals surface area contributed by atoms with Crippen molar-refractivity contribution in [3.63, 3.8) is 0 Å². The highest BCUT2D eigenvalue weighted by atomic mass is 16.5. The lowest BCUT2D eigenvalue weighted by Gasteiger charge is -2.20. The number of ether oxygens (including phenoxy) is 1. The Morgan fingerprint density at radius 1 is 0.338 bits per heavy atom. The number of rotatable bonds is 70. The van der Waals surface area contributed by atoms with E-state index in [4.69, 9.17) is 4.74 Å². The number of carbonyl (C=O) groups excluding carboxylic acids is 2. The van der Waals surface area contributed by atoms with Gasteiger partial charge in [-0.25, -0.2) is 0 Å². The zero-order valence-corrected chi connectivity index (χ0v) is 54.6. The van der Waals surface area contributed by atoms with E-state index in [9.17, 15) is 19.8 Å². The molecule has 3 N–H and O–H groups in total. The molecule has 1 amide bonds. The van der Waals surface area contributed by atoms with E-state index in [1.807, 2.05) is 6.08 Å². The molecule has 0 aliphatic carbocycles. The predicted octanol–water partition coefficient (Wildman–Crippen LogP) is 23.9. The van der Waals surface area contributed by atoms with Crippen LogP contribution in [0.3, 0.4) is 0 Å². The molecule has 0 aromatic carbocycles. The van der Waals surface area contributed by atoms with E-state index in [0.717, 1.165) is 38.5 Å². The van der Waals surface area contributed by atoms with Crippen molar-refractivity contribution in [2.75, 3.05) is 13.2 Å². The number of carbonyl (C=O) groups is 2. The fraction of sp³-hybridized carbons (Fsp3) is 0.946. The summed E-state index contributed by atoms with van der Waals surface area (Å²) in [5.41, 5.74) is 0. The first-order chi connectivity index (χ1) is 39.5. The molecule has 2 atom stereocenters. The molecular formula is C74H145NO5. The van der Waals surface area contributed by atoms with Crippen LogP contribution in [0.4, 0.5) is 0 Å². The van der Waals surface area contributed by atoms with Gasteiger partial charge in [0.2, 0.25) is 5.91 Å². The van der Waals surface area contributed by atoms with E-state index >= 15 is 0 Å². The highest BCUT2D eigenvalue weighted by molar-refractivity contribution is 5.76. The van der Waals surface area contributed by atoms with Crippen LogP contribution in [-0.2, 0) is 14.3 Å².